The van der Waals surface area contributed by atoms with Gasteiger partial charge in [0.25, 0.3) is 0 Å². The van der Waals surface area contributed by atoms with Crippen LogP contribution in [0, 0.1) is 0 Å². The Labute approximate surface area is 141 Å². The van der Waals surface area contributed by atoms with Gasteiger partial charge in [0.05, 0.1) is 18.1 Å². The van der Waals surface area contributed by atoms with E-state index in [-0.39, 0.29) is 18.4 Å². The minimum atomic E-state index is 0.0446. The Kier molecular flexibility index (Phi) is 5.32. The highest BCUT2D eigenvalue weighted by atomic mass is 16.5. The van der Waals surface area contributed by atoms with Crippen molar-refractivity contribution in [3.63, 3.8) is 0 Å². The summed E-state index contributed by atoms with van der Waals surface area (Å²) >= 11 is 0. The van der Waals surface area contributed by atoms with Gasteiger partial charge in [-0.3, -0.25) is 14.8 Å². The molecule has 3 rings (SSSR count). The van der Waals surface area contributed by atoms with Crippen LogP contribution < -0.4 is 5.32 Å². The normalized spacial score (nSPS) is 17.5. The Balaban J connectivity index is 1.63. The molecule has 0 saturated carbocycles. The first-order valence-electron chi connectivity index (χ1n) is 8.02. The van der Waals surface area contributed by atoms with Crippen molar-refractivity contribution in [3.8, 4) is 0 Å². The van der Waals surface area contributed by atoms with E-state index in [9.17, 15) is 4.79 Å². The number of aromatic nitrogens is 3. The lowest BCUT2D eigenvalue weighted by molar-refractivity contribution is -0.136. The quantitative estimate of drug-likeness (QED) is 0.904. The van der Waals surface area contributed by atoms with Crippen LogP contribution in [0.3, 0.4) is 0 Å². The summed E-state index contributed by atoms with van der Waals surface area (Å²) < 4.78 is 4.94. The highest BCUT2D eigenvalue weighted by Gasteiger charge is 2.25. The molecule has 0 radical (unpaired) electrons. The maximum absolute atomic E-state index is 12.0. The van der Waals surface area contributed by atoms with E-state index in [4.69, 9.17) is 4.74 Å². The molecule has 1 aliphatic heterocycles. The molecule has 1 saturated heterocycles. The molecule has 0 bridgehead atoms. The van der Waals surface area contributed by atoms with Gasteiger partial charge in [-0.25, -0.2) is 4.98 Å². The minimum absolute atomic E-state index is 0.0446. The number of piperidine rings is 1. The summed E-state index contributed by atoms with van der Waals surface area (Å²) in [6.07, 6.45) is 8.75. The van der Waals surface area contributed by atoms with Gasteiger partial charge in [0.15, 0.2) is 0 Å². The average Bonchev–Trinajstić information content (AvgIpc) is 2.63. The van der Waals surface area contributed by atoms with E-state index < -0.39 is 0 Å². The SMILES string of the molecule is COCC(=O)N1CCC[C@H](c2ccc(Nc3cnccn3)cn2)C1. The van der Waals surface area contributed by atoms with E-state index in [0.717, 1.165) is 30.8 Å². The van der Waals surface area contributed by atoms with Crippen molar-refractivity contribution >= 4 is 17.4 Å². The smallest absolute Gasteiger partial charge is 0.248 e. The standard InChI is InChI=1S/C17H21N5O2/c1-24-12-17(23)22-8-2-3-13(11-22)15-5-4-14(9-20-15)21-16-10-18-6-7-19-16/h4-7,9-10,13H,2-3,8,11-12H2,1H3,(H,19,21)/t13-/m0/s1. The van der Waals surface area contributed by atoms with E-state index in [0.29, 0.717) is 12.4 Å². The minimum Gasteiger partial charge on any atom is -0.375 e. The molecular formula is C17H21N5O2. The Hall–Kier alpha value is -2.54. The number of pyridine rings is 1. The van der Waals surface area contributed by atoms with Crippen LogP contribution in [0.2, 0.25) is 0 Å². The predicted octanol–water partition coefficient (Wildman–Crippen LogP) is 1.97. The first-order chi connectivity index (χ1) is 11.8. The third-order valence-corrected chi connectivity index (χ3v) is 4.08. The lowest BCUT2D eigenvalue weighted by atomic mass is 9.94. The fourth-order valence-corrected chi connectivity index (χ4v) is 2.89. The first kappa shape index (κ1) is 16.3. The van der Waals surface area contributed by atoms with Gasteiger partial charge in [0.2, 0.25) is 5.91 Å². The molecule has 1 aliphatic rings. The number of likely N-dealkylation sites (tertiary alicyclic amines) is 1. The summed E-state index contributed by atoms with van der Waals surface area (Å²) in [5, 5.41) is 3.16. The number of hydrogen-bond donors (Lipinski definition) is 1. The largest absolute Gasteiger partial charge is 0.375 e. The fourth-order valence-electron chi connectivity index (χ4n) is 2.89. The maximum atomic E-state index is 12.0. The second-order valence-corrected chi connectivity index (χ2v) is 5.80. The number of hydrogen-bond acceptors (Lipinski definition) is 6. The number of amides is 1. The Morgan fingerprint density at radius 1 is 1.33 bits per heavy atom. The summed E-state index contributed by atoms with van der Waals surface area (Å²) in [6.45, 7) is 1.64. The van der Waals surface area contributed by atoms with Gasteiger partial charge in [-0.05, 0) is 25.0 Å². The number of ether oxygens (including phenoxy) is 1. The molecule has 0 aromatic carbocycles. The van der Waals surface area contributed by atoms with Crippen LogP contribution >= 0.6 is 0 Å². The van der Waals surface area contributed by atoms with Gasteiger partial charge < -0.3 is 15.0 Å². The molecule has 0 aliphatic carbocycles. The number of nitrogens with one attached hydrogen (secondary N) is 1. The molecule has 24 heavy (non-hydrogen) atoms. The molecule has 1 N–H and O–H groups in total. The summed E-state index contributed by atoms with van der Waals surface area (Å²) in [6, 6.07) is 3.99. The van der Waals surface area contributed by atoms with E-state index in [1.165, 1.54) is 0 Å². The van der Waals surface area contributed by atoms with E-state index in [2.05, 4.69) is 20.3 Å². The van der Waals surface area contributed by atoms with Crippen LogP contribution in [0.4, 0.5) is 11.5 Å². The third-order valence-electron chi connectivity index (χ3n) is 4.08. The van der Waals surface area contributed by atoms with Gasteiger partial charge in [-0.1, -0.05) is 0 Å². The monoisotopic (exact) mass is 327 g/mol. The van der Waals surface area contributed by atoms with Crippen molar-refractivity contribution in [1.29, 1.82) is 0 Å². The molecule has 7 heteroatoms. The number of carbonyl (C=O) groups is 1. The summed E-state index contributed by atoms with van der Waals surface area (Å²) in [5.41, 5.74) is 1.87. The molecule has 3 heterocycles. The lowest BCUT2D eigenvalue weighted by Gasteiger charge is -2.32. The Bertz CT molecular complexity index is 662. The second kappa shape index (κ2) is 7.83. The predicted molar refractivity (Wildman–Crippen MR) is 90.0 cm³/mol. The van der Waals surface area contributed by atoms with Crippen molar-refractivity contribution in [3.05, 3.63) is 42.6 Å². The van der Waals surface area contributed by atoms with E-state index in [1.807, 2.05) is 17.0 Å². The van der Waals surface area contributed by atoms with E-state index >= 15 is 0 Å². The summed E-state index contributed by atoms with van der Waals surface area (Å²) in [7, 11) is 1.55. The number of anilines is 2. The zero-order valence-corrected chi connectivity index (χ0v) is 13.7. The second-order valence-electron chi connectivity index (χ2n) is 5.80. The molecule has 7 nitrogen and oxygen atoms in total. The van der Waals surface area contributed by atoms with Gasteiger partial charge in [-0.2, -0.15) is 0 Å². The molecule has 1 fully saturated rings. The zero-order valence-electron chi connectivity index (χ0n) is 13.7. The molecule has 1 amide bonds. The van der Waals surface area contributed by atoms with Gasteiger partial charge in [-0.15, -0.1) is 0 Å². The van der Waals surface area contributed by atoms with Crippen LogP contribution in [0.5, 0.6) is 0 Å². The maximum Gasteiger partial charge on any atom is 0.248 e. The molecule has 126 valence electrons. The lowest BCUT2D eigenvalue weighted by Crippen LogP contribution is -2.41. The fraction of sp³-hybridized carbons (Fsp3) is 0.412. The highest BCUT2D eigenvalue weighted by Crippen LogP contribution is 2.26. The van der Waals surface area contributed by atoms with Crippen LogP contribution in [0.15, 0.2) is 36.9 Å². The number of rotatable bonds is 5. The highest BCUT2D eigenvalue weighted by molar-refractivity contribution is 5.77. The van der Waals surface area contributed by atoms with Crippen LogP contribution in [0.1, 0.15) is 24.5 Å². The average molecular weight is 327 g/mol. The number of methoxy groups -OCH3 is 1. The molecule has 2 aromatic heterocycles. The molecular weight excluding hydrogens is 306 g/mol. The van der Waals surface area contributed by atoms with Crippen molar-refractivity contribution in [2.75, 3.05) is 32.1 Å². The van der Waals surface area contributed by atoms with Crippen molar-refractivity contribution in [1.82, 2.24) is 19.9 Å². The molecule has 1 atom stereocenters. The molecule has 0 spiro atoms. The van der Waals surface area contributed by atoms with Crippen LogP contribution in [-0.4, -0.2) is 52.6 Å². The van der Waals surface area contributed by atoms with Crippen molar-refractivity contribution in [2.45, 2.75) is 18.8 Å². The van der Waals surface area contributed by atoms with Gasteiger partial charge >= 0.3 is 0 Å². The Morgan fingerprint density at radius 3 is 2.96 bits per heavy atom. The summed E-state index contributed by atoms with van der Waals surface area (Å²) in [5.74, 6) is 0.995. The molecule has 2 aromatic rings. The van der Waals surface area contributed by atoms with Crippen molar-refractivity contribution in [2.24, 2.45) is 0 Å². The zero-order chi connectivity index (χ0) is 16.8. The van der Waals surface area contributed by atoms with Crippen LogP contribution in [-0.2, 0) is 9.53 Å². The topological polar surface area (TPSA) is 80.2 Å². The van der Waals surface area contributed by atoms with Gasteiger partial charge in [0, 0.05) is 44.2 Å². The number of carbonyl (C=O) groups excluding carboxylic acids is 1. The Morgan fingerprint density at radius 2 is 2.25 bits per heavy atom. The van der Waals surface area contributed by atoms with Crippen LogP contribution in [0.25, 0.3) is 0 Å². The van der Waals surface area contributed by atoms with Crippen molar-refractivity contribution < 1.29 is 9.53 Å². The molecule has 0 unspecified atom stereocenters. The first-order valence-corrected chi connectivity index (χ1v) is 8.02. The number of nitrogens with zero attached hydrogens (tertiary/aromatic N) is 4. The third kappa shape index (κ3) is 4.05. The summed E-state index contributed by atoms with van der Waals surface area (Å²) in [4.78, 5) is 26.6. The van der Waals surface area contributed by atoms with E-state index in [1.54, 1.807) is 31.9 Å². The van der Waals surface area contributed by atoms with Gasteiger partial charge in [0.1, 0.15) is 12.4 Å².